The Balaban J connectivity index is 1.57. The highest BCUT2D eigenvalue weighted by atomic mass is 16.2. The Kier molecular flexibility index (Phi) is 4.11. The highest BCUT2D eigenvalue weighted by molar-refractivity contribution is 5.99. The molecule has 3 heterocycles. The summed E-state index contributed by atoms with van der Waals surface area (Å²) in [5.74, 6) is 0.0698. The third-order valence-corrected chi connectivity index (χ3v) is 5.18. The molecule has 2 aromatic rings. The summed E-state index contributed by atoms with van der Waals surface area (Å²) in [6.45, 7) is 1.79. The zero-order chi connectivity index (χ0) is 18.3. The van der Waals surface area contributed by atoms with Gasteiger partial charge < -0.3 is 14.4 Å². The molecule has 1 aromatic heterocycles. The topological polar surface area (TPSA) is 62.6 Å². The molecule has 134 valence electrons. The number of benzene rings is 1. The molecule has 6 heteroatoms. The van der Waals surface area contributed by atoms with Crippen molar-refractivity contribution in [3.8, 4) is 0 Å². The largest absolute Gasteiger partial charge is 0.334 e. The van der Waals surface area contributed by atoms with Crippen molar-refractivity contribution >= 4 is 17.5 Å². The van der Waals surface area contributed by atoms with Crippen LogP contribution in [0.1, 0.15) is 34.3 Å². The van der Waals surface area contributed by atoms with Crippen LogP contribution in [-0.2, 0) is 24.8 Å². The molecule has 4 rings (SSSR count). The molecule has 0 N–H and O–H groups in total. The van der Waals surface area contributed by atoms with Crippen LogP contribution in [0.4, 0.5) is 5.69 Å². The first-order valence-corrected chi connectivity index (χ1v) is 8.91. The van der Waals surface area contributed by atoms with Gasteiger partial charge in [0.05, 0.1) is 0 Å². The Morgan fingerprint density at radius 3 is 2.65 bits per heavy atom. The molecule has 1 aromatic carbocycles. The maximum atomic E-state index is 13.0. The van der Waals surface area contributed by atoms with E-state index in [9.17, 15) is 14.4 Å². The summed E-state index contributed by atoms with van der Waals surface area (Å²) < 4.78 is 1.55. The minimum absolute atomic E-state index is 0.0218. The average Bonchev–Trinajstić information content (AvgIpc) is 3.08. The third kappa shape index (κ3) is 2.92. The van der Waals surface area contributed by atoms with Crippen molar-refractivity contribution in [3.63, 3.8) is 0 Å². The standard InChI is InChI=1S/C20H21N3O3/c1-21-12-16-13-22(9-7-14(16)11-19(21)25)20(26)15-4-2-5-17(10-15)23-8-3-6-18(23)24/h2,4-5,10-12H,3,6-9,13H2,1H3. The summed E-state index contributed by atoms with van der Waals surface area (Å²) in [5.41, 5.74) is 3.39. The lowest BCUT2D eigenvalue weighted by Gasteiger charge is -2.29. The zero-order valence-electron chi connectivity index (χ0n) is 14.8. The number of aryl methyl sites for hydroxylation is 1. The summed E-state index contributed by atoms with van der Waals surface area (Å²) in [7, 11) is 1.72. The Morgan fingerprint density at radius 2 is 1.88 bits per heavy atom. The van der Waals surface area contributed by atoms with E-state index in [1.807, 2.05) is 24.4 Å². The smallest absolute Gasteiger partial charge is 0.254 e. The second kappa shape index (κ2) is 6.44. The molecule has 1 fully saturated rings. The quantitative estimate of drug-likeness (QED) is 0.827. The van der Waals surface area contributed by atoms with Gasteiger partial charge in [-0.05, 0) is 42.2 Å². The van der Waals surface area contributed by atoms with Gasteiger partial charge in [-0.3, -0.25) is 14.4 Å². The van der Waals surface area contributed by atoms with Crippen molar-refractivity contribution in [2.24, 2.45) is 7.05 Å². The Bertz CT molecular complexity index is 948. The van der Waals surface area contributed by atoms with E-state index in [4.69, 9.17) is 0 Å². The predicted octanol–water partition coefficient (Wildman–Crippen LogP) is 1.71. The summed E-state index contributed by atoms with van der Waals surface area (Å²) in [4.78, 5) is 40.2. The van der Waals surface area contributed by atoms with Crippen LogP contribution >= 0.6 is 0 Å². The van der Waals surface area contributed by atoms with E-state index in [-0.39, 0.29) is 17.4 Å². The number of carbonyl (C=O) groups is 2. The summed E-state index contributed by atoms with van der Waals surface area (Å²) in [6.07, 6.45) is 3.93. The first-order valence-electron chi connectivity index (χ1n) is 8.91. The number of aromatic nitrogens is 1. The number of amides is 2. The lowest BCUT2D eigenvalue weighted by atomic mass is 10.0. The first kappa shape index (κ1) is 16.6. The van der Waals surface area contributed by atoms with Gasteiger partial charge in [-0.1, -0.05) is 6.07 Å². The average molecular weight is 351 g/mol. The van der Waals surface area contributed by atoms with Crippen molar-refractivity contribution in [1.29, 1.82) is 0 Å². The lowest BCUT2D eigenvalue weighted by molar-refractivity contribution is -0.117. The molecule has 2 aliphatic heterocycles. The van der Waals surface area contributed by atoms with Crippen molar-refractivity contribution in [3.05, 3.63) is 63.6 Å². The van der Waals surface area contributed by atoms with Gasteiger partial charge in [0.15, 0.2) is 0 Å². The number of pyridine rings is 1. The van der Waals surface area contributed by atoms with E-state index >= 15 is 0 Å². The molecule has 1 saturated heterocycles. The molecule has 0 unspecified atom stereocenters. The van der Waals surface area contributed by atoms with Crippen molar-refractivity contribution in [2.75, 3.05) is 18.0 Å². The van der Waals surface area contributed by atoms with Crippen LogP contribution in [0.3, 0.4) is 0 Å². The molecular formula is C20H21N3O3. The highest BCUT2D eigenvalue weighted by Crippen LogP contribution is 2.24. The Morgan fingerprint density at radius 1 is 1.04 bits per heavy atom. The fraction of sp³-hybridized carbons (Fsp3) is 0.350. The second-order valence-corrected chi connectivity index (χ2v) is 6.95. The molecule has 0 radical (unpaired) electrons. The first-order chi connectivity index (χ1) is 12.5. The molecule has 2 aliphatic rings. The van der Waals surface area contributed by atoms with Crippen LogP contribution in [0, 0.1) is 0 Å². The van der Waals surface area contributed by atoms with E-state index in [2.05, 4.69) is 0 Å². The highest BCUT2D eigenvalue weighted by Gasteiger charge is 2.25. The number of rotatable bonds is 2. The molecule has 0 saturated carbocycles. The van der Waals surface area contributed by atoms with Gasteiger partial charge in [-0.2, -0.15) is 0 Å². The maximum absolute atomic E-state index is 13.0. The summed E-state index contributed by atoms with van der Waals surface area (Å²) in [6, 6.07) is 8.97. The minimum atomic E-state index is -0.0435. The fourth-order valence-corrected chi connectivity index (χ4v) is 3.72. The molecule has 0 spiro atoms. The summed E-state index contributed by atoms with van der Waals surface area (Å²) >= 11 is 0. The fourth-order valence-electron chi connectivity index (χ4n) is 3.72. The zero-order valence-corrected chi connectivity index (χ0v) is 14.8. The van der Waals surface area contributed by atoms with Gasteiger partial charge in [0.2, 0.25) is 5.91 Å². The van der Waals surface area contributed by atoms with E-state index in [0.29, 0.717) is 38.0 Å². The van der Waals surface area contributed by atoms with E-state index < -0.39 is 0 Å². The molecule has 26 heavy (non-hydrogen) atoms. The number of nitrogens with zero attached hydrogens (tertiary/aromatic N) is 3. The Labute approximate surface area is 151 Å². The van der Waals surface area contributed by atoms with Crippen LogP contribution in [0.25, 0.3) is 0 Å². The van der Waals surface area contributed by atoms with Crippen LogP contribution < -0.4 is 10.5 Å². The van der Waals surface area contributed by atoms with E-state index in [1.165, 1.54) is 0 Å². The molecule has 0 bridgehead atoms. The molecule has 6 nitrogen and oxygen atoms in total. The van der Waals surface area contributed by atoms with Crippen LogP contribution in [-0.4, -0.2) is 34.4 Å². The van der Waals surface area contributed by atoms with Gasteiger partial charge in [-0.25, -0.2) is 0 Å². The van der Waals surface area contributed by atoms with Crippen LogP contribution in [0.5, 0.6) is 0 Å². The number of anilines is 1. The molecule has 0 atom stereocenters. The minimum Gasteiger partial charge on any atom is -0.334 e. The third-order valence-electron chi connectivity index (χ3n) is 5.18. The van der Waals surface area contributed by atoms with Crippen molar-refractivity contribution in [2.45, 2.75) is 25.8 Å². The normalized spacial score (nSPS) is 16.7. The van der Waals surface area contributed by atoms with E-state index in [1.54, 1.807) is 33.5 Å². The van der Waals surface area contributed by atoms with E-state index in [0.717, 1.165) is 23.2 Å². The van der Waals surface area contributed by atoms with Crippen LogP contribution in [0.15, 0.2) is 41.3 Å². The number of fused-ring (bicyclic) bond motifs is 1. The monoisotopic (exact) mass is 351 g/mol. The van der Waals surface area contributed by atoms with Gasteiger partial charge in [-0.15, -0.1) is 0 Å². The maximum Gasteiger partial charge on any atom is 0.254 e. The number of hydrogen-bond acceptors (Lipinski definition) is 3. The van der Waals surface area contributed by atoms with Crippen LogP contribution in [0.2, 0.25) is 0 Å². The predicted molar refractivity (Wildman–Crippen MR) is 98.2 cm³/mol. The van der Waals surface area contributed by atoms with Gasteiger partial charge in [0.25, 0.3) is 11.5 Å². The van der Waals surface area contributed by atoms with Crippen molar-refractivity contribution < 1.29 is 9.59 Å². The molecular weight excluding hydrogens is 330 g/mol. The molecule has 0 aliphatic carbocycles. The van der Waals surface area contributed by atoms with Gasteiger partial charge >= 0.3 is 0 Å². The van der Waals surface area contributed by atoms with Crippen molar-refractivity contribution in [1.82, 2.24) is 9.47 Å². The SMILES string of the molecule is Cn1cc2c(cc1=O)CCN(C(=O)c1cccc(N3CCCC3=O)c1)C2. The lowest BCUT2D eigenvalue weighted by Crippen LogP contribution is -2.37. The number of hydrogen-bond donors (Lipinski definition) is 0. The molecule has 2 amide bonds. The second-order valence-electron chi connectivity index (χ2n) is 6.95. The Hall–Kier alpha value is -2.89. The number of carbonyl (C=O) groups excluding carboxylic acids is 2. The van der Waals surface area contributed by atoms with Gasteiger partial charge in [0, 0.05) is 56.6 Å². The van der Waals surface area contributed by atoms with Gasteiger partial charge in [0.1, 0.15) is 0 Å². The summed E-state index contributed by atoms with van der Waals surface area (Å²) in [5, 5.41) is 0.